The molecule has 0 fully saturated rings. The van der Waals surface area contributed by atoms with Crippen LogP contribution in [0, 0.1) is 0 Å². The molecule has 0 aliphatic heterocycles. The van der Waals surface area contributed by atoms with Gasteiger partial charge in [-0.05, 0) is 12.1 Å². The van der Waals surface area contributed by atoms with E-state index in [9.17, 15) is 9.59 Å². The number of amides is 1. The molecule has 0 N–H and O–H groups in total. The van der Waals surface area contributed by atoms with E-state index in [-0.39, 0.29) is 10.6 Å². The lowest BCUT2D eigenvalue weighted by molar-refractivity contribution is -0.115. The summed E-state index contributed by atoms with van der Waals surface area (Å²) >= 11 is 0.947. The molecule has 0 saturated carbocycles. The summed E-state index contributed by atoms with van der Waals surface area (Å²) in [5, 5.41) is 0.385. The highest BCUT2D eigenvalue weighted by Gasteiger charge is 2.15. The Kier molecular flexibility index (Phi) is 3.30. The molecule has 0 atom stereocenters. The summed E-state index contributed by atoms with van der Waals surface area (Å²) in [5.74, 6) is -0.175. The maximum absolute atomic E-state index is 11.6. The van der Waals surface area contributed by atoms with Crippen LogP contribution in [-0.4, -0.2) is 10.9 Å². The number of hydrogen-bond donors (Lipinski definition) is 0. The van der Waals surface area contributed by atoms with Crippen LogP contribution in [0.2, 0.25) is 0 Å². The average Bonchev–Trinajstić information content (AvgIpc) is 2.30. The molecule has 5 heteroatoms. The molecule has 0 radical (unpaired) electrons. The van der Waals surface area contributed by atoms with Crippen LogP contribution in [0.25, 0.3) is 0 Å². The SMILES string of the molecule is CC(=O)N(c1ccccc1)c1nccc(=O)s1. The van der Waals surface area contributed by atoms with Crippen molar-refractivity contribution in [2.24, 2.45) is 0 Å². The molecule has 17 heavy (non-hydrogen) atoms. The zero-order valence-electron chi connectivity index (χ0n) is 9.16. The van der Waals surface area contributed by atoms with Crippen molar-refractivity contribution in [3.8, 4) is 0 Å². The highest BCUT2D eigenvalue weighted by atomic mass is 32.1. The Morgan fingerprint density at radius 1 is 1.24 bits per heavy atom. The van der Waals surface area contributed by atoms with Gasteiger partial charge in [0.05, 0.1) is 5.69 Å². The van der Waals surface area contributed by atoms with Gasteiger partial charge in [0.1, 0.15) is 0 Å². The standard InChI is InChI=1S/C12H10N2O2S/c1-9(15)14(10-5-3-2-4-6-10)12-13-8-7-11(16)17-12/h2-8H,1H3. The largest absolute Gasteiger partial charge is 0.278 e. The second-order valence-corrected chi connectivity index (χ2v) is 4.31. The van der Waals surface area contributed by atoms with Crippen LogP contribution in [0.3, 0.4) is 0 Å². The minimum Gasteiger partial charge on any atom is -0.278 e. The van der Waals surface area contributed by atoms with E-state index in [0.29, 0.717) is 10.8 Å². The van der Waals surface area contributed by atoms with Gasteiger partial charge < -0.3 is 0 Å². The molecule has 86 valence electrons. The maximum atomic E-state index is 11.6. The second-order valence-electron chi connectivity index (χ2n) is 3.34. The zero-order valence-corrected chi connectivity index (χ0v) is 9.98. The number of aromatic nitrogens is 1. The van der Waals surface area contributed by atoms with E-state index in [0.717, 1.165) is 11.3 Å². The van der Waals surface area contributed by atoms with Crippen molar-refractivity contribution in [3.05, 3.63) is 52.1 Å². The fourth-order valence-electron chi connectivity index (χ4n) is 1.42. The molecule has 0 aliphatic carbocycles. The fourth-order valence-corrected chi connectivity index (χ4v) is 2.17. The van der Waals surface area contributed by atoms with E-state index in [2.05, 4.69) is 4.98 Å². The monoisotopic (exact) mass is 246 g/mol. The number of carbonyl (C=O) groups excluding carboxylic acids is 1. The third-order valence-electron chi connectivity index (χ3n) is 2.11. The summed E-state index contributed by atoms with van der Waals surface area (Å²) in [6, 6.07) is 10.5. The molecule has 1 aromatic heterocycles. The highest BCUT2D eigenvalue weighted by molar-refractivity contribution is 7.13. The Hall–Kier alpha value is -2.01. The van der Waals surface area contributed by atoms with Gasteiger partial charge in [0, 0.05) is 19.2 Å². The summed E-state index contributed by atoms with van der Waals surface area (Å²) < 4.78 is -0.128. The van der Waals surface area contributed by atoms with Crippen LogP contribution in [0.15, 0.2) is 47.4 Å². The van der Waals surface area contributed by atoms with E-state index >= 15 is 0 Å². The third-order valence-corrected chi connectivity index (χ3v) is 2.92. The van der Waals surface area contributed by atoms with E-state index in [1.54, 1.807) is 12.1 Å². The van der Waals surface area contributed by atoms with Crippen LogP contribution < -0.4 is 9.64 Å². The Morgan fingerprint density at radius 2 is 1.94 bits per heavy atom. The zero-order chi connectivity index (χ0) is 12.3. The number of rotatable bonds is 2. The predicted molar refractivity (Wildman–Crippen MR) is 67.6 cm³/mol. The molecule has 0 spiro atoms. The van der Waals surface area contributed by atoms with E-state index < -0.39 is 0 Å². The van der Waals surface area contributed by atoms with E-state index in [1.165, 1.54) is 24.1 Å². The first kappa shape index (κ1) is 11.5. The molecule has 0 unspecified atom stereocenters. The van der Waals surface area contributed by atoms with Gasteiger partial charge in [0.15, 0.2) is 5.13 Å². The summed E-state index contributed by atoms with van der Waals surface area (Å²) in [7, 11) is 0. The molecule has 4 nitrogen and oxygen atoms in total. The first-order valence-electron chi connectivity index (χ1n) is 5.00. The Labute approximate surface area is 102 Å². The first-order chi connectivity index (χ1) is 8.18. The van der Waals surface area contributed by atoms with E-state index in [4.69, 9.17) is 0 Å². The molecule has 1 aromatic carbocycles. The lowest BCUT2D eigenvalue weighted by Gasteiger charge is -2.18. The van der Waals surface area contributed by atoms with Crippen LogP contribution in [0.1, 0.15) is 6.92 Å². The molecule has 0 aliphatic rings. The molecule has 2 rings (SSSR count). The highest BCUT2D eigenvalue weighted by Crippen LogP contribution is 2.24. The summed E-state index contributed by atoms with van der Waals surface area (Å²) in [6.07, 6.45) is 1.41. The lowest BCUT2D eigenvalue weighted by atomic mass is 10.3. The number of para-hydroxylation sites is 1. The van der Waals surface area contributed by atoms with Crippen molar-refractivity contribution in [2.45, 2.75) is 6.92 Å². The molecular weight excluding hydrogens is 236 g/mol. The van der Waals surface area contributed by atoms with Gasteiger partial charge in [0.25, 0.3) is 0 Å². The van der Waals surface area contributed by atoms with Gasteiger partial charge in [-0.15, -0.1) is 0 Å². The first-order valence-corrected chi connectivity index (χ1v) is 5.82. The van der Waals surface area contributed by atoms with Crippen LogP contribution in [0.4, 0.5) is 10.8 Å². The van der Waals surface area contributed by atoms with Gasteiger partial charge in [-0.2, -0.15) is 0 Å². The van der Waals surface area contributed by atoms with Crippen molar-refractivity contribution in [1.29, 1.82) is 0 Å². The fraction of sp³-hybridized carbons (Fsp3) is 0.0833. The number of nitrogens with zero attached hydrogens (tertiary/aromatic N) is 2. The molecule has 1 amide bonds. The minimum atomic E-state index is -0.175. The van der Waals surface area contributed by atoms with Gasteiger partial charge >= 0.3 is 0 Å². The van der Waals surface area contributed by atoms with Gasteiger partial charge in [-0.1, -0.05) is 29.5 Å². The number of carbonyl (C=O) groups is 1. The van der Waals surface area contributed by atoms with E-state index in [1.807, 2.05) is 18.2 Å². The topological polar surface area (TPSA) is 50.3 Å². The molecule has 1 heterocycles. The van der Waals surface area contributed by atoms with Gasteiger partial charge in [-0.3, -0.25) is 14.5 Å². The minimum absolute atomic E-state index is 0.128. The van der Waals surface area contributed by atoms with Crippen molar-refractivity contribution in [2.75, 3.05) is 4.90 Å². The molecular formula is C12H10N2O2S. The lowest BCUT2D eigenvalue weighted by Crippen LogP contribution is -2.23. The predicted octanol–water partition coefficient (Wildman–Crippen LogP) is 2.19. The third kappa shape index (κ3) is 2.57. The van der Waals surface area contributed by atoms with Gasteiger partial charge in [-0.25, -0.2) is 4.98 Å². The Morgan fingerprint density at radius 3 is 2.53 bits per heavy atom. The summed E-state index contributed by atoms with van der Waals surface area (Å²) in [5.41, 5.74) is 0.703. The van der Waals surface area contributed by atoms with Crippen LogP contribution in [-0.2, 0) is 4.79 Å². The van der Waals surface area contributed by atoms with Crippen molar-refractivity contribution < 1.29 is 4.79 Å². The second kappa shape index (κ2) is 4.88. The molecule has 0 saturated heterocycles. The van der Waals surface area contributed by atoms with Crippen molar-refractivity contribution in [3.63, 3.8) is 0 Å². The Balaban J connectivity index is 2.51. The summed E-state index contributed by atoms with van der Waals surface area (Å²) in [4.78, 5) is 28.4. The van der Waals surface area contributed by atoms with Crippen LogP contribution >= 0.6 is 11.3 Å². The normalized spacial score (nSPS) is 9.94. The molecule has 2 aromatic rings. The summed E-state index contributed by atoms with van der Waals surface area (Å²) in [6.45, 7) is 1.44. The van der Waals surface area contributed by atoms with Crippen molar-refractivity contribution in [1.82, 2.24) is 4.98 Å². The number of hydrogen-bond acceptors (Lipinski definition) is 4. The average molecular weight is 246 g/mol. The molecule has 0 bridgehead atoms. The Bertz CT molecular complexity index is 580. The number of benzene rings is 1. The van der Waals surface area contributed by atoms with Crippen LogP contribution in [0.5, 0.6) is 0 Å². The van der Waals surface area contributed by atoms with Gasteiger partial charge in [0.2, 0.25) is 10.6 Å². The van der Waals surface area contributed by atoms with Crippen molar-refractivity contribution >= 4 is 28.1 Å². The smallest absolute Gasteiger partial charge is 0.237 e. The number of anilines is 2. The quantitative estimate of drug-likeness (QED) is 0.816. The maximum Gasteiger partial charge on any atom is 0.237 e.